The summed E-state index contributed by atoms with van der Waals surface area (Å²) < 4.78 is 6.19. The van der Waals surface area contributed by atoms with Gasteiger partial charge in [-0.2, -0.15) is 0 Å². The van der Waals surface area contributed by atoms with Crippen LogP contribution in [-0.2, 0) is 0 Å². The molecule has 0 saturated carbocycles. The van der Waals surface area contributed by atoms with E-state index in [-0.39, 0.29) is 0 Å². The van der Waals surface area contributed by atoms with Gasteiger partial charge in [0.15, 0.2) is 0 Å². The van der Waals surface area contributed by atoms with E-state index < -0.39 is 5.31 Å². The van der Waals surface area contributed by atoms with Crippen molar-refractivity contribution in [1.82, 2.24) is 0 Å². The molecule has 4 rings (SSSR count). The third-order valence-electron chi connectivity index (χ3n) is 5.41. The molecule has 4 aromatic rings. The molecular weight excluding hydrogens is 439 g/mol. The molecule has 0 aliphatic carbocycles. The zero-order valence-corrected chi connectivity index (χ0v) is 18.7. The Morgan fingerprint density at radius 2 is 0.862 bits per heavy atom. The molecule has 0 saturated heterocycles. The molecule has 0 N–H and O–H groups in total. The first-order valence-electron chi connectivity index (χ1n) is 9.79. The minimum atomic E-state index is -2.90. The van der Waals surface area contributed by atoms with Crippen LogP contribution in [0.15, 0.2) is 121 Å². The fourth-order valence-electron chi connectivity index (χ4n) is 3.90. The summed E-state index contributed by atoms with van der Waals surface area (Å²) in [6.07, 6.45) is 0.860. The van der Waals surface area contributed by atoms with E-state index in [4.69, 9.17) is 4.74 Å². The van der Waals surface area contributed by atoms with E-state index in [0.717, 1.165) is 11.9 Å². The van der Waals surface area contributed by atoms with Gasteiger partial charge in [-0.3, -0.25) is 0 Å². The van der Waals surface area contributed by atoms with Crippen molar-refractivity contribution in [3.8, 4) is 5.75 Å². The first-order valence-corrected chi connectivity index (χ1v) is 14.2. The minimum absolute atomic E-state index is 0.617. The molecule has 29 heavy (non-hydrogen) atoms. The number of hydrogen-bond donors (Lipinski definition) is 0. The van der Waals surface area contributed by atoms with Gasteiger partial charge in [-0.15, -0.1) is 0 Å². The molecule has 0 aromatic heterocycles. The van der Waals surface area contributed by atoms with Gasteiger partial charge in [0.2, 0.25) is 0 Å². The zero-order chi connectivity index (χ0) is 20.0. The Morgan fingerprint density at radius 3 is 1.24 bits per heavy atom. The van der Waals surface area contributed by atoms with Crippen LogP contribution in [0.3, 0.4) is 0 Å². The second-order valence-corrected chi connectivity index (χ2v) is 16.1. The van der Waals surface area contributed by atoms with Crippen molar-refractivity contribution in [2.45, 2.75) is 0 Å². The van der Waals surface area contributed by atoms with E-state index in [0.29, 0.717) is 6.61 Å². The average Bonchev–Trinajstić information content (AvgIpc) is 2.81. The summed E-state index contributed by atoms with van der Waals surface area (Å²) in [6.45, 7) is 0.617. The van der Waals surface area contributed by atoms with Crippen molar-refractivity contribution in [3.63, 3.8) is 0 Å². The number of ether oxygens (including phenoxy) is 1. The van der Waals surface area contributed by atoms with Crippen LogP contribution in [0.2, 0.25) is 0 Å². The van der Waals surface area contributed by atoms with Gasteiger partial charge in [0, 0.05) is 0 Å². The van der Waals surface area contributed by atoms with E-state index in [1.807, 2.05) is 30.3 Å². The molecule has 0 unspecified atom stereocenters. The van der Waals surface area contributed by atoms with Crippen molar-refractivity contribution in [3.05, 3.63) is 121 Å². The average molecular weight is 463 g/mol. The maximum atomic E-state index is 6.19. The van der Waals surface area contributed by atoms with E-state index in [1.54, 1.807) is 0 Å². The fourth-order valence-corrected chi connectivity index (χ4v) is 10.9. The Hall–Kier alpha value is -2.41. The number of halogens is 1. The summed E-state index contributed by atoms with van der Waals surface area (Å²) in [4.78, 5) is 0. The van der Waals surface area contributed by atoms with Gasteiger partial charge in [-0.05, 0) is 0 Å². The molecule has 4 aromatic carbocycles. The van der Waals surface area contributed by atoms with Crippen LogP contribution >= 0.6 is 20.8 Å². The Balaban J connectivity index is 1.87. The van der Waals surface area contributed by atoms with Gasteiger partial charge in [0.25, 0.3) is 0 Å². The topological polar surface area (TPSA) is 9.23 Å². The first kappa shape index (κ1) is 19.9. The van der Waals surface area contributed by atoms with E-state index in [9.17, 15) is 0 Å². The van der Waals surface area contributed by atoms with Gasteiger partial charge in [-0.1, -0.05) is 0 Å². The fraction of sp³-hybridized carbons (Fsp3) is 0.0769. The molecular formula is C26H24BrOP. The summed E-state index contributed by atoms with van der Waals surface area (Å²) in [5, 5.41) is 1.03. The SMILES string of the molecule is BrP(CCOc1ccccc1)(c1ccccc1)(c1ccccc1)c1ccccc1. The molecule has 0 aliphatic heterocycles. The summed E-state index contributed by atoms with van der Waals surface area (Å²) >= 11 is 4.44. The molecule has 0 bridgehead atoms. The molecule has 0 spiro atoms. The standard InChI is InChI=1S/C26H24BrOP/c27-29(24-15-7-2-8-16-24,25-17-9-3-10-18-25,26-19-11-4-12-20-26)22-21-28-23-13-5-1-6-14-23/h1-20H,21-22H2. The number of rotatable bonds is 7. The van der Waals surface area contributed by atoms with Crippen LogP contribution in [-0.4, -0.2) is 12.8 Å². The summed E-state index contributed by atoms with van der Waals surface area (Å²) in [5.74, 6) is 0.902. The van der Waals surface area contributed by atoms with Crippen LogP contribution in [0.1, 0.15) is 0 Å². The third-order valence-corrected chi connectivity index (χ3v) is 15.3. The quantitative estimate of drug-likeness (QED) is 0.310. The Bertz CT molecular complexity index is 938. The molecule has 0 fully saturated rings. The van der Waals surface area contributed by atoms with Gasteiger partial charge < -0.3 is 0 Å². The van der Waals surface area contributed by atoms with E-state index >= 15 is 0 Å². The second-order valence-electron chi connectivity index (χ2n) is 7.07. The zero-order valence-electron chi connectivity index (χ0n) is 16.2. The summed E-state index contributed by atoms with van der Waals surface area (Å²) in [5.41, 5.74) is 0. The molecule has 0 aliphatic rings. The first-order chi connectivity index (χ1) is 14.2. The van der Waals surface area contributed by atoms with Crippen LogP contribution in [0.4, 0.5) is 0 Å². The molecule has 3 heteroatoms. The number of para-hydroxylation sites is 1. The Labute approximate surface area is 181 Å². The van der Waals surface area contributed by atoms with Crippen molar-refractivity contribution in [2.24, 2.45) is 0 Å². The third kappa shape index (κ3) is 3.75. The van der Waals surface area contributed by atoms with Crippen LogP contribution in [0.25, 0.3) is 0 Å². The van der Waals surface area contributed by atoms with Crippen LogP contribution < -0.4 is 20.7 Å². The normalized spacial score (nSPS) is 12.7. The molecule has 146 valence electrons. The number of hydrogen-bond acceptors (Lipinski definition) is 1. The molecule has 0 amide bonds. The Morgan fingerprint density at radius 1 is 0.517 bits per heavy atom. The van der Waals surface area contributed by atoms with Crippen molar-refractivity contribution < 1.29 is 4.74 Å². The van der Waals surface area contributed by atoms with Gasteiger partial charge in [-0.25, -0.2) is 0 Å². The van der Waals surface area contributed by atoms with Crippen LogP contribution in [0, 0.1) is 0 Å². The Kier molecular flexibility index (Phi) is 5.85. The predicted octanol–water partition coefficient (Wildman–Crippen LogP) is 5.91. The summed E-state index contributed by atoms with van der Waals surface area (Å²) in [6, 6.07) is 42.5. The van der Waals surface area contributed by atoms with Crippen molar-refractivity contribution in [1.29, 1.82) is 0 Å². The van der Waals surface area contributed by atoms with Gasteiger partial charge >= 0.3 is 181 Å². The monoisotopic (exact) mass is 462 g/mol. The molecule has 0 radical (unpaired) electrons. The van der Waals surface area contributed by atoms with Crippen molar-refractivity contribution >= 4 is 36.7 Å². The molecule has 0 atom stereocenters. The molecule has 1 nitrogen and oxygen atoms in total. The summed E-state index contributed by atoms with van der Waals surface area (Å²) in [7, 11) is 0. The molecule has 0 heterocycles. The van der Waals surface area contributed by atoms with E-state index in [1.165, 1.54) is 15.9 Å². The van der Waals surface area contributed by atoms with Crippen molar-refractivity contribution in [2.75, 3.05) is 12.8 Å². The maximum absolute atomic E-state index is 6.19. The van der Waals surface area contributed by atoms with Gasteiger partial charge in [0.05, 0.1) is 0 Å². The van der Waals surface area contributed by atoms with E-state index in [2.05, 4.69) is 106 Å². The predicted molar refractivity (Wildman–Crippen MR) is 131 cm³/mol. The number of benzene rings is 4. The second kappa shape index (κ2) is 8.53. The van der Waals surface area contributed by atoms with Crippen LogP contribution in [0.5, 0.6) is 5.75 Å². The van der Waals surface area contributed by atoms with Gasteiger partial charge in [0.1, 0.15) is 0 Å².